The fourth-order valence-electron chi connectivity index (χ4n) is 3.22. The first kappa shape index (κ1) is 15.4. The second kappa shape index (κ2) is 6.40. The third-order valence-electron chi connectivity index (χ3n) is 4.28. The van der Waals surface area contributed by atoms with Crippen molar-refractivity contribution in [3.05, 3.63) is 78.9 Å². The monoisotopic (exact) mass is 325 g/mol. The van der Waals surface area contributed by atoms with Crippen molar-refractivity contribution in [1.82, 2.24) is 4.98 Å². The molecule has 0 aliphatic carbocycles. The highest BCUT2D eigenvalue weighted by molar-refractivity contribution is 6.11. The first-order valence-electron chi connectivity index (χ1n) is 8.66. The Bertz CT molecular complexity index is 1080. The number of hydrogen-bond donors (Lipinski definition) is 0. The van der Waals surface area contributed by atoms with Crippen LogP contribution in [0, 0.1) is 0 Å². The summed E-state index contributed by atoms with van der Waals surface area (Å²) in [4.78, 5) is 4.72. The zero-order valence-electron chi connectivity index (χ0n) is 14.4. The van der Waals surface area contributed by atoms with Gasteiger partial charge in [0, 0.05) is 0 Å². The molecule has 5 rings (SSSR count). The summed E-state index contributed by atoms with van der Waals surface area (Å²) in [6, 6.07) is 26.9. The summed E-state index contributed by atoms with van der Waals surface area (Å²) in [5.41, 5.74) is 2.77. The van der Waals surface area contributed by atoms with Gasteiger partial charge in [0.05, 0.1) is 5.56 Å². The van der Waals surface area contributed by atoms with Crippen LogP contribution in [0.25, 0.3) is 44.1 Å². The van der Waals surface area contributed by atoms with E-state index in [9.17, 15) is 0 Å². The molecule has 0 bridgehead atoms. The van der Waals surface area contributed by atoms with Gasteiger partial charge in [0.2, 0.25) is 5.89 Å². The molecule has 0 aliphatic rings. The Morgan fingerprint density at radius 1 is 0.680 bits per heavy atom. The molecule has 1 heterocycles. The minimum Gasteiger partial charge on any atom is -0.436 e. The van der Waals surface area contributed by atoms with Crippen LogP contribution in [0.4, 0.5) is 0 Å². The Balaban J connectivity index is 0.000000758. The van der Waals surface area contributed by atoms with E-state index in [1.807, 2.05) is 38.1 Å². The molecular weight excluding hydrogens is 306 g/mol. The molecule has 2 heteroatoms. The predicted molar refractivity (Wildman–Crippen MR) is 106 cm³/mol. The molecule has 0 aliphatic heterocycles. The molecule has 0 N–H and O–H groups in total. The molecular formula is C23H19NO. The molecule has 2 nitrogen and oxygen atoms in total. The molecule has 0 saturated carbocycles. The molecule has 0 unspecified atom stereocenters. The van der Waals surface area contributed by atoms with E-state index in [1.54, 1.807) is 0 Å². The van der Waals surface area contributed by atoms with Crippen molar-refractivity contribution >= 4 is 32.6 Å². The maximum atomic E-state index is 6.06. The average Bonchev–Trinajstić information content (AvgIpc) is 3.11. The van der Waals surface area contributed by atoms with Gasteiger partial charge in [-0.05, 0) is 39.7 Å². The molecule has 0 atom stereocenters. The molecule has 1 aromatic heterocycles. The topological polar surface area (TPSA) is 26.0 Å². The summed E-state index contributed by atoms with van der Waals surface area (Å²) in [6.45, 7) is 4.00. The first-order chi connectivity index (χ1) is 12.4. The number of benzene rings is 4. The summed E-state index contributed by atoms with van der Waals surface area (Å²) < 4.78 is 6.06. The number of aromatic nitrogens is 1. The standard InChI is InChI=1S/C21H13NO.C2H6/c1-3-9-16-14(7-1)13-15-8-2-4-10-17(15)20(16)21-22-18-11-5-6-12-19(18)23-21;1-2/h1-13H;1-2H3. The van der Waals surface area contributed by atoms with Gasteiger partial charge in [0.25, 0.3) is 0 Å². The van der Waals surface area contributed by atoms with Crippen LogP contribution in [-0.4, -0.2) is 4.98 Å². The van der Waals surface area contributed by atoms with Crippen molar-refractivity contribution in [2.24, 2.45) is 0 Å². The van der Waals surface area contributed by atoms with Gasteiger partial charge in [0.15, 0.2) is 5.58 Å². The minimum atomic E-state index is 0.680. The largest absolute Gasteiger partial charge is 0.436 e. The molecule has 0 saturated heterocycles. The Morgan fingerprint density at radius 3 is 1.88 bits per heavy atom. The van der Waals surface area contributed by atoms with Crippen molar-refractivity contribution in [2.45, 2.75) is 13.8 Å². The SMILES string of the molecule is CC.c1ccc2c(-c3nc4ccccc4o3)c3ccccc3cc2c1. The highest BCUT2D eigenvalue weighted by Gasteiger charge is 2.15. The van der Waals surface area contributed by atoms with Gasteiger partial charge in [0.1, 0.15) is 5.52 Å². The molecule has 4 aromatic carbocycles. The third kappa shape index (κ3) is 2.56. The second-order valence-corrected chi connectivity index (χ2v) is 5.68. The quantitative estimate of drug-likeness (QED) is 0.316. The lowest BCUT2D eigenvalue weighted by atomic mass is 9.97. The lowest BCUT2D eigenvalue weighted by molar-refractivity contribution is 0.621. The molecule has 5 aromatic rings. The maximum absolute atomic E-state index is 6.06. The van der Waals surface area contributed by atoms with Gasteiger partial charge in [-0.2, -0.15) is 0 Å². The van der Waals surface area contributed by atoms with Crippen LogP contribution in [0.5, 0.6) is 0 Å². The Morgan fingerprint density at radius 2 is 1.24 bits per heavy atom. The summed E-state index contributed by atoms with van der Waals surface area (Å²) >= 11 is 0. The zero-order valence-corrected chi connectivity index (χ0v) is 14.4. The molecule has 0 fully saturated rings. The van der Waals surface area contributed by atoms with E-state index in [1.165, 1.54) is 10.8 Å². The number of hydrogen-bond acceptors (Lipinski definition) is 2. The molecule has 0 amide bonds. The van der Waals surface area contributed by atoms with E-state index in [2.05, 4.69) is 54.6 Å². The highest BCUT2D eigenvalue weighted by atomic mass is 16.3. The van der Waals surface area contributed by atoms with Crippen LogP contribution in [0.2, 0.25) is 0 Å². The number of oxazole rings is 1. The average molecular weight is 325 g/mol. The zero-order chi connectivity index (χ0) is 17.2. The maximum Gasteiger partial charge on any atom is 0.228 e. The van der Waals surface area contributed by atoms with Crippen LogP contribution < -0.4 is 0 Å². The van der Waals surface area contributed by atoms with Gasteiger partial charge in [-0.25, -0.2) is 4.98 Å². The van der Waals surface area contributed by atoms with E-state index >= 15 is 0 Å². The predicted octanol–water partition coefficient (Wildman–Crippen LogP) is 6.83. The normalized spacial score (nSPS) is 10.8. The van der Waals surface area contributed by atoms with Crippen LogP contribution in [0.3, 0.4) is 0 Å². The van der Waals surface area contributed by atoms with Crippen molar-refractivity contribution < 1.29 is 4.42 Å². The third-order valence-corrected chi connectivity index (χ3v) is 4.28. The number of para-hydroxylation sites is 2. The fraction of sp³-hybridized carbons (Fsp3) is 0.0870. The highest BCUT2D eigenvalue weighted by Crippen LogP contribution is 2.36. The molecule has 25 heavy (non-hydrogen) atoms. The summed E-state index contributed by atoms with van der Waals surface area (Å²) in [5, 5.41) is 4.72. The van der Waals surface area contributed by atoms with E-state index in [0.29, 0.717) is 5.89 Å². The molecule has 0 spiro atoms. The summed E-state index contributed by atoms with van der Waals surface area (Å²) in [5.74, 6) is 0.680. The first-order valence-corrected chi connectivity index (χ1v) is 8.66. The van der Waals surface area contributed by atoms with Gasteiger partial charge in [-0.3, -0.25) is 0 Å². The van der Waals surface area contributed by atoms with E-state index < -0.39 is 0 Å². The minimum absolute atomic E-state index is 0.680. The van der Waals surface area contributed by atoms with Crippen molar-refractivity contribution in [3.63, 3.8) is 0 Å². The van der Waals surface area contributed by atoms with Crippen LogP contribution >= 0.6 is 0 Å². The van der Waals surface area contributed by atoms with Gasteiger partial charge >= 0.3 is 0 Å². The van der Waals surface area contributed by atoms with E-state index in [-0.39, 0.29) is 0 Å². The Labute approximate surface area is 146 Å². The smallest absolute Gasteiger partial charge is 0.228 e. The Kier molecular flexibility index (Phi) is 3.95. The van der Waals surface area contributed by atoms with Gasteiger partial charge < -0.3 is 4.42 Å². The summed E-state index contributed by atoms with van der Waals surface area (Å²) in [7, 11) is 0. The number of nitrogens with zero attached hydrogens (tertiary/aromatic N) is 1. The van der Waals surface area contributed by atoms with Crippen molar-refractivity contribution in [2.75, 3.05) is 0 Å². The molecule has 122 valence electrons. The van der Waals surface area contributed by atoms with Gasteiger partial charge in [-0.1, -0.05) is 74.5 Å². The lowest BCUT2D eigenvalue weighted by Gasteiger charge is -2.08. The number of fused-ring (bicyclic) bond motifs is 3. The van der Waals surface area contributed by atoms with E-state index in [4.69, 9.17) is 9.40 Å². The summed E-state index contributed by atoms with van der Waals surface area (Å²) in [6.07, 6.45) is 0. The second-order valence-electron chi connectivity index (χ2n) is 5.68. The van der Waals surface area contributed by atoms with Crippen LogP contribution in [0.1, 0.15) is 13.8 Å². The van der Waals surface area contributed by atoms with Crippen LogP contribution in [0.15, 0.2) is 83.3 Å². The van der Waals surface area contributed by atoms with Crippen molar-refractivity contribution in [3.8, 4) is 11.5 Å². The fourth-order valence-corrected chi connectivity index (χ4v) is 3.22. The van der Waals surface area contributed by atoms with Gasteiger partial charge in [-0.15, -0.1) is 0 Å². The lowest BCUT2D eigenvalue weighted by Crippen LogP contribution is -1.85. The van der Waals surface area contributed by atoms with Crippen molar-refractivity contribution in [1.29, 1.82) is 0 Å². The van der Waals surface area contributed by atoms with E-state index in [0.717, 1.165) is 27.4 Å². The van der Waals surface area contributed by atoms with Crippen LogP contribution in [-0.2, 0) is 0 Å². The Hall–Kier alpha value is -3.13. The molecule has 0 radical (unpaired) electrons. The number of rotatable bonds is 1.